The molecule has 0 aliphatic carbocycles. The number of aliphatic hydroxyl groups excluding tert-OH is 1. The van der Waals surface area contributed by atoms with Gasteiger partial charge in [-0.05, 0) is 0 Å². The van der Waals surface area contributed by atoms with Crippen LogP contribution in [-0.4, -0.2) is 34.8 Å². The Labute approximate surface area is 62.7 Å². The van der Waals surface area contributed by atoms with Crippen molar-refractivity contribution in [3.8, 4) is 0 Å². The quantitative estimate of drug-likeness (QED) is 0.172. The molecule has 64 valence electrons. The second kappa shape index (κ2) is 4.34. The van der Waals surface area contributed by atoms with Gasteiger partial charge in [-0.25, -0.2) is 4.79 Å². The molecule has 1 atom stereocenters. The molecule has 0 amide bonds. The predicted molar refractivity (Wildman–Crippen MR) is 37.5 cm³/mol. The molecule has 0 aromatic carbocycles. The van der Waals surface area contributed by atoms with Gasteiger partial charge in [0, 0.05) is 0 Å². The fourth-order valence-electron chi connectivity index (χ4n) is 0.327. The first-order chi connectivity index (χ1) is 5.07. The number of guanidine groups is 1. The van der Waals surface area contributed by atoms with E-state index < -0.39 is 18.6 Å². The molecule has 0 fully saturated rings. The molecule has 0 radical (unpaired) electrons. The molecule has 0 saturated heterocycles. The summed E-state index contributed by atoms with van der Waals surface area (Å²) in [4.78, 5) is 10.2. The van der Waals surface area contributed by atoms with Crippen LogP contribution in [0.5, 0.6) is 0 Å². The van der Waals surface area contributed by atoms with E-state index in [-0.39, 0.29) is 5.96 Å². The van der Waals surface area contributed by atoms with Crippen molar-refractivity contribution in [3.63, 3.8) is 0 Å². The van der Waals surface area contributed by atoms with Gasteiger partial charge in [0.05, 0.1) is 6.61 Å². The van der Waals surface area contributed by atoms with Crippen molar-refractivity contribution in [3.05, 3.63) is 0 Å². The van der Waals surface area contributed by atoms with Crippen LogP contribution in [0.25, 0.3) is 0 Å². The zero-order valence-electron chi connectivity index (χ0n) is 5.69. The van der Waals surface area contributed by atoms with Gasteiger partial charge in [0.1, 0.15) is 0 Å². The third kappa shape index (κ3) is 3.98. The first kappa shape index (κ1) is 9.50. The van der Waals surface area contributed by atoms with Crippen molar-refractivity contribution in [2.75, 3.05) is 6.61 Å². The van der Waals surface area contributed by atoms with Crippen LogP contribution in [0.4, 0.5) is 0 Å². The minimum absolute atomic E-state index is 0.287. The van der Waals surface area contributed by atoms with Crippen molar-refractivity contribution in [2.24, 2.45) is 16.6 Å². The van der Waals surface area contributed by atoms with Gasteiger partial charge in [-0.3, -0.25) is 5.43 Å². The number of hydrogen-bond donors (Lipinski definition) is 5. The lowest BCUT2D eigenvalue weighted by Gasteiger charge is -2.07. The number of rotatable bonds is 4. The van der Waals surface area contributed by atoms with Gasteiger partial charge in [-0.1, -0.05) is 0 Å². The number of nitrogens with zero attached hydrogens (tertiary/aromatic N) is 1. The van der Waals surface area contributed by atoms with Gasteiger partial charge in [-0.2, -0.15) is 0 Å². The van der Waals surface area contributed by atoms with Crippen LogP contribution in [0.2, 0.25) is 0 Å². The lowest BCUT2D eigenvalue weighted by Crippen LogP contribution is -2.39. The number of nitrogens with two attached hydrogens (primary N) is 2. The van der Waals surface area contributed by atoms with Crippen LogP contribution >= 0.6 is 0 Å². The van der Waals surface area contributed by atoms with E-state index in [2.05, 4.69) is 10.5 Å². The summed E-state index contributed by atoms with van der Waals surface area (Å²) in [5.41, 5.74) is 11.8. The van der Waals surface area contributed by atoms with Crippen molar-refractivity contribution in [1.82, 2.24) is 5.43 Å². The summed E-state index contributed by atoms with van der Waals surface area (Å²) < 4.78 is 0. The van der Waals surface area contributed by atoms with Gasteiger partial charge < -0.3 is 21.7 Å². The van der Waals surface area contributed by atoms with Gasteiger partial charge in [-0.15, -0.1) is 5.10 Å². The molecule has 0 rings (SSSR count). The molecule has 7 heteroatoms. The third-order valence-corrected chi connectivity index (χ3v) is 0.830. The average Bonchev–Trinajstić information content (AvgIpc) is 1.87. The number of aliphatic carboxylic acids is 1. The number of aliphatic hydroxyl groups is 1. The summed E-state index contributed by atoms with van der Waals surface area (Å²) in [5, 5.41) is 19.9. The highest BCUT2D eigenvalue weighted by molar-refractivity contribution is 5.76. The molecule has 0 aliphatic heterocycles. The van der Waals surface area contributed by atoms with Crippen molar-refractivity contribution >= 4 is 11.9 Å². The van der Waals surface area contributed by atoms with E-state index in [1.165, 1.54) is 0 Å². The molecule has 7 N–H and O–H groups in total. The smallest absolute Gasteiger partial charge is 0.330 e. The first-order valence-corrected chi connectivity index (χ1v) is 2.75. The standard InChI is InChI=1S/C4H10N4O3/c5-4(6)8-7-2(1-9)3(10)11/h2,7,9H,1H2,(H,10,11)(H4,5,6,8). The molecular weight excluding hydrogens is 152 g/mol. The Morgan fingerprint density at radius 1 is 1.64 bits per heavy atom. The van der Waals surface area contributed by atoms with Crippen LogP contribution in [0.3, 0.4) is 0 Å². The number of hydrogen-bond acceptors (Lipinski definition) is 4. The lowest BCUT2D eigenvalue weighted by atomic mass is 10.3. The van der Waals surface area contributed by atoms with Crippen LogP contribution in [-0.2, 0) is 4.79 Å². The van der Waals surface area contributed by atoms with E-state index in [0.29, 0.717) is 0 Å². The van der Waals surface area contributed by atoms with E-state index in [0.717, 1.165) is 0 Å². The van der Waals surface area contributed by atoms with Crippen LogP contribution in [0, 0.1) is 0 Å². The normalized spacial score (nSPS) is 11.7. The summed E-state index contributed by atoms with van der Waals surface area (Å²) in [5.74, 6) is -1.51. The Morgan fingerprint density at radius 3 is 2.45 bits per heavy atom. The highest BCUT2D eigenvalue weighted by Crippen LogP contribution is 1.80. The van der Waals surface area contributed by atoms with E-state index in [1.807, 2.05) is 0 Å². The summed E-state index contributed by atoms with van der Waals surface area (Å²) in [6.45, 7) is -0.577. The minimum Gasteiger partial charge on any atom is -0.480 e. The topological polar surface area (TPSA) is 134 Å². The number of carboxylic acid groups (broad SMARTS) is 1. The molecular formula is C4H10N4O3. The van der Waals surface area contributed by atoms with Gasteiger partial charge in [0.2, 0.25) is 5.96 Å². The zero-order valence-corrected chi connectivity index (χ0v) is 5.69. The van der Waals surface area contributed by atoms with Crippen molar-refractivity contribution < 1.29 is 15.0 Å². The molecule has 0 aromatic heterocycles. The second-order valence-electron chi connectivity index (χ2n) is 1.74. The largest absolute Gasteiger partial charge is 0.480 e. The highest BCUT2D eigenvalue weighted by atomic mass is 16.4. The Morgan fingerprint density at radius 2 is 2.18 bits per heavy atom. The van der Waals surface area contributed by atoms with E-state index >= 15 is 0 Å². The second-order valence-corrected chi connectivity index (χ2v) is 1.74. The molecule has 0 aliphatic rings. The van der Waals surface area contributed by atoms with Crippen LogP contribution in [0.15, 0.2) is 5.10 Å². The lowest BCUT2D eigenvalue weighted by molar-refractivity contribution is -0.140. The molecule has 0 aromatic rings. The number of carbonyl (C=O) groups is 1. The van der Waals surface area contributed by atoms with Gasteiger partial charge in [0.15, 0.2) is 6.04 Å². The summed E-state index contributed by atoms with van der Waals surface area (Å²) in [6, 6.07) is -1.17. The Bertz CT molecular complexity index is 165. The number of carboxylic acids is 1. The molecule has 0 spiro atoms. The highest BCUT2D eigenvalue weighted by Gasteiger charge is 2.13. The van der Waals surface area contributed by atoms with E-state index in [1.54, 1.807) is 0 Å². The maximum Gasteiger partial charge on any atom is 0.330 e. The van der Waals surface area contributed by atoms with Crippen molar-refractivity contribution in [1.29, 1.82) is 0 Å². The summed E-state index contributed by atoms with van der Waals surface area (Å²) >= 11 is 0. The van der Waals surface area contributed by atoms with Crippen LogP contribution < -0.4 is 16.9 Å². The molecule has 11 heavy (non-hydrogen) atoms. The van der Waals surface area contributed by atoms with Gasteiger partial charge in [0.25, 0.3) is 0 Å². The van der Waals surface area contributed by atoms with E-state index in [9.17, 15) is 4.79 Å². The Balaban J connectivity index is 3.89. The van der Waals surface area contributed by atoms with Crippen LogP contribution in [0.1, 0.15) is 0 Å². The molecule has 0 bridgehead atoms. The minimum atomic E-state index is -1.22. The molecule has 0 saturated carbocycles. The molecule has 1 unspecified atom stereocenters. The fraction of sp³-hybridized carbons (Fsp3) is 0.500. The van der Waals surface area contributed by atoms with Gasteiger partial charge >= 0.3 is 5.97 Å². The number of nitrogens with one attached hydrogen (secondary N) is 1. The predicted octanol–water partition coefficient (Wildman–Crippen LogP) is -2.79. The summed E-state index contributed by atoms with van der Waals surface area (Å²) in [7, 11) is 0. The number of hydrazone groups is 1. The average molecular weight is 162 g/mol. The first-order valence-electron chi connectivity index (χ1n) is 2.75. The van der Waals surface area contributed by atoms with E-state index in [4.69, 9.17) is 21.7 Å². The van der Waals surface area contributed by atoms with Crippen molar-refractivity contribution in [2.45, 2.75) is 6.04 Å². The Kier molecular flexibility index (Phi) is 3.75. The molecule has 0 heterocycles. The molecule has 7 nitrogen and oxygen atoms in total. The zero-order chi connectivity index (χ0) is 8.85. The third-order valence-electron chi connectivity index (χ3n) is 0.830. The monoisotopic (exact) mass is 162 g/mol. The maximum atomic E-state index is 10.2. The maximum absolute atomic E-state index is 10.2. The fourth-order valence-corrected chi connectivity index (χ4v) is 0.327. The Hall–Kier alpha value is -1.50. The summed E-state index contributed by atoms with van der Waals surface area (Å²) in [6.07, 6.45) is 0. The SMILES string of the molecule is NC(N)=NNC(CO)C(=O)O.